The Balaban J connectivity index is 1.48. The Morgan fingerprint density at radius 2 is 1.65 bits per heavy atom. The highest BCUT2D eigenvalue weighted by atomic mass is 35.5. The molecule has 2 aromatic rings. The molecule has 2 heterocycles. The number of Topliss-reactive ketones (excluding diaryl/α,β-unsaturated/α-hetero) is 1. The molecule has 1 fully saturated rings. The molecule has 0 N–H and O–H groups in total. The number of carbonyl (C=O) groups excluding carboxylic acids is 2. The van der Waals surface area contributed by atoms with Crippen molar-refractivity contribution in [1.29, 1.82) is 0 Å². The summed E-state index contributed by atoms with van der Waals surface area (Å²) < 4.78 is 6.20. The van der Waals surface area contributed by atoms with Crippen molar-refractivity contribution in [2.45, 2.75) is 24.9 Å². The Kier molecular flexibility index (Phi) is 4.41. The third-order valence-corrected chi connectivity index (χ3v) is 5.59. The molecule has 4 rings (SSSR count). The minimum Gasteiger partial charge on any atom is -0.486 e. The van der Waals surface area contributed by atoms with E-state index in [-0.39, 0.29) is 11.7 Å². The standard InChI is InChI=1S/C20H17Cl2NO3/c21-14-3-1-13(2-4-14)19(25)23-9-7-20(8-10-23)12-17(24)16-11-15(22)5-6-18(16)26-20/h1-6,11H,7-10,12H2. The van der Waals surface area contributed by atoms with Gasteiger partial charge in [0, 0.05) is 41.5 Å². The second-order valence-corrected chi connectivity index (χ2v) is 7.70. The largest absolute Gasteiger partial charge is 0.486 e. The fourth-order valence-corrected chi connectivity index (χ4v) is 3.94. The number of likely N-dealkylation sites (tertiary alicyclic amines) is 1. The fraction of sp³-hybridized carbons (Fsp3) is 0.300. The highest BCUT2D eigenvalue weighted by Crippen LogP contribution is 2.40. The molecule has 2 aromatic carbocycles. The van der Waals surface area contributed by atoms with Gasteiger partial charge in [0.1, 0.15) is 11.4 Å². The van der Waals surface area contributed by atoms with Gasteiger partial charge in [-0.2, -0.15) is 0 Å². The quantitative estimate of drug-likeness (QED) is 0.713. The number of hydrogen-bond acceptors (Lipinski definition) is 3. The second kappa shape index (κ2) is 6.60. The number of amides is 1. The van der Waals surface area contributed by atoms with Gasteiger partial charge in [-0.05, 0) is 42.5 Å². The molecule has 4 nitrogen and oxygen atoms in total. The first-order chi connectivity index (χ1) is 12.5. The number of benzene rings is 2. The van der Waals surface area contributed by atoms with E-state index in [0.717, 1.165) is 0 Å². The molecule has 0 radical (unpaired) electrons. The van der Waals surface area contributed by atoms with Crippen molar-refractivity contribution in [2.24, 2.45) is 0 Å². The lowest BCUT2D eigenvalue weighted by molar-refractivity contribution is -0.00570. The Morgan fingerprint density at radius 1 is 1.00 bits per heavy atom. The number of ether oxygens (including phenoxy) is 1. The van der Waals surface area contributed by atoms with Crippen LogP contribution in [0, 0.1) is 0 Å². The summed E-state index contributed by atoms with van der Waals surface area (Å²) in [5.41, 5.74) is 0.628. The molecule has 2 aliphatic heterocycles. The highest BCUT2D eigenvalue weighted by Gasteiger charge is 2.43. The van der Waals surface area contributed by atoms with Crippen LogP contribution in [0.3, 0.4) is 0 Å². The van der Waals surface area contributed by atoms with Crippen LogP contribution in [0.5, 0.6) is 5.75 Å². The molecule has 6 heteroatoms. The van der Waals surface area contributed by atoms with Gasteiger partial charge in [-0.25, -0.2) is 0 Å². The van der Waals surface area contributed by atoms with E-state index in [2.05, 4.69) is 0 Å². The summed E-state index contributed by atoms with van der Waals surface area (Å²) in [7, 11) is 0. The van der Waals surface area contributed by atoms with Crippen LogP contribution in [0.15, 0.2) is 42.5 Å². The van der Waals surface area contributed by atoms with Crippen LogP contribution < -0.4 is 4.74 Å². The lowest BCUT2D eigenvalue weighted by Gasteiger charge is -2.44. The van der Waals surface area contributed by atoms with Crippen LogP contribution in [0.2, 0.25) is 10.0 Å². The summed E-state index contributed by atoms with van der Waals surface area (Å²) in [5, 5.41) is 1.13. The number of halogens is 2. The van der Waals surface area contributed by atoms with Gasteiger partial charge >= 0.3 is 0 Å². The molecule has 134 valence electrons. The molecule has 0 aromatic heterocycles. The van der Waals surface area contributed by atoms with Gasteiger partial charge in [0.25, 0.3) is 5.91 Å². The van der Waals surface area contributed by atoms with Crippen molar-refractivity contribution in [2.75, 3.05) is 13.1 Å². The van der Waals surface area contributed by atoms with E-state index in [4.69, 9.17) is 27.9 Å². The minimum atomic E-state index is -0.533. The van der Waals surface area contributed by atoms with Crippen LogP contribution in [0.25, 0.3) is 0 Å². The molecule has 0 aliphatic carbocycles. The maximum Gasteiger partial charge on any atom is 0.253 e. The molecule has 0 bridgehead atoms. The van der Waals surface area contributed by atoms with E-state index in [9.17, 15) is 9.59 Å². The molecule has 0 unspecified atom stereocenters. The lowest BCUT2D eigenvalue weighted by Crippen LogP contribution is -2.52. The van der Waals surface area contributed by atoms with E-state index in [1.54, 1.807) is 47.4 Å². The predicted octanol–water partition coefficient (Wildman–Crippen LogP) is 4.63. The Morgan fingerprint density at radius 3 is 2.35 bits per heavy atom. The maximum atomic E-state index is 12.6. The molecule has 1 saturated heterocycles. The van der Waals surface area contributed by atoms with Crippen LogP contribution >= 0.6 is 23.2 Å². The normalized spacial score (nSPS) is 18.4. The van der Waals surface area contributed by atoms with Crippen LogP contribution in [-0.2, 0) is 0 Å². The number of nitrogens with zero attached hydrogens (tertiary/aromatic N) is 1. The number of ketones is 1. The van der Waals surface area contributed by atoms with Crippen molar-refractivity contribution >= 4 is 34.9 Å². The van der Waals surface area contributed by atoms with Gasteiger partial charge in [0.2, 0.25) is 0 Å². The van der Waals surface area contributed by atoms with Crippen LogP contribution in [0.1, 0.15) is 40.0 Å². The minimum absolute atomic E-state index is 0.0224. The van der Waals surface area contributed by atoms with E-state index in [1.165, 1.54) is 0 Å². The molecular formula is C20H17Cl2NO3. The lowest BCUT2D eigenvalue weighted by atomic mass is 9.82. The van der Waals surface area contributed by atoms with Gasteiger partial charge in [0.15, 0.2) is 5.78 Å². The SMILES string of the molecule is O=C1CC2(CCN(C(=O)c3ccc(Cl)cc3)CC2)Oc2ccc(Cl)cc21. The Bertz CT molecular complexity index is 871. The average Bonchev–Trinajstić information content (AvgIpc) is 2.63. The van der Waals surface area contributed by atoms with Gasteiger partial charge in [0.05, 0.1) is 12.0 Å². The van der Waals surface area contributed by atoms with Gasteiger partial charge in [-0.15, -0.1) is 0 Å². The van der Waals surface area contributed by atoms with Crippen molar-refractivity contribution in [3.05, 3.63) is 63.6 Å². The summed E-state index contributed by atoms with van der Waals surface area (Å²) in [4.78, 5) is 27.0. The first-order valence-electron chi connectivity index (χ1n) is 8.52. The molecule has 1 amide bonds. The third kappa shape index (κ3) is 3.19. The number of hydrogen-bond donors (Lipinski definition) is 0. The maximum absolute atomic E-state index is 12.6. The van der Waals surface area contributed by atoms with Gasteiger partial charge in [-0.3, -0.25) is 9.59 Å². The molecular weight excluding hydrogens is 373 g/mol. The van der Waals surface area contributed by atoms with Crippen LogP contribution in [-0.4, -0.2) is 35.3 Å². The summed E-state index contributed by atoms with van der Waals surface area (Å²) >= 11 is 11.9. The summed E-state index contributed by atoms with van der Waals surface area (Å²) in [6.45, 7) is 1.11. The van der Waals surface area contributed by atoms with Crippen molar-refractivity contribution in [1.82, 2.24) is 4.90 Å². The Hall–Kier alpha value is -2.04. The predicted molar refractivity (Wildman–Crippen MR) is 100 cm³/mol. The highest BCUT2D eigenvalue weighted by molar-refractivity contribution is 6.31. The van der Waals surface area contributed by atoms with Gasteiger partial charge < -0.3 is 9.64 Å². The number of piperidine rings is 1. The zero-order valence-corrected chi connectivity index (χ0v) is 15.5. The fourth-order valence-electron chi connectivity index (χ4n) is 3.64. The molecule has 0 saturated carbocycles. The zero-order valence-electron chi connectivity index (χ0n) is 14.0. The summed E-state index contributed by atoms with van der Waals surface area (Å²) in [6.07, 6.45) is 1.57. The second-order valence-electron chi connectivity index (χ2n) is 6.82. The number of fused-ring (bicyclic) bond motifs is 1. The topological polar surface area (TPSA) is 46.6 Å². The van der Waals surface area contributed by atoms with Crippen LogP contribution in [0.4, 0.5) is 0 Å². The first kappa shape index (κ1) is 17.4. The first-order valence-corrected chi connectivity index (χ1v) is 9.28. The number of carbonyl (C=O) groups is 2. The van der Waals surface area contributed by atoms with Crippen molar-refractivity contribution in [3.8, 4) is 5.75 Å². The summed E-state index contributed by atoms with van der Waals surface area (Å²) in [6, 6.07) is 12.0. The van der Waals surface area contributed by atoms with Crippen molar-refractivity contribution in [3.63, 3.8) is 0 Å². The van der Waals surface area contributed by atoms with E-state index < -0.39 is 5.60 Å². The molecule has 26 heavy (non-hydrogen) atoms. The number of rotatable bonds is 1. The van der Waals surface area contributed by atoms with Crippen molar-refractivity contribution < 1.29 is 14.3 Å². The van der Waals surface area contributed by atoms with E-state index in [1.807, 2.05) is 0 Å². The summed E-state index contributed by atoms with van der Waals surface area (Å²) in [5.74, 6) is 0.611. The zero-order chi connectivity index (χ0) is 18.3. The molecule has 0 atom stereocenters. The Labute approximate surface area is 161 Å². The monoisotopic (exact) mass is 389 g/mol. The molecule has 2 aliphatic rings. The average molecular weight is 390 g/mol. The van der Waals surface area contributed by atoms with E-state index in [0.29, 0.717) is 59.3 Å². The van der Waals surface area contributed by atoms with E-state index >= 15 is 0 Å². The third-order valence-electron chi connectivity index (χ3n) is 5.10. The molecule has 1 spiro atoms. The van der Waals surface area contributed by atoms with Gasteiger partial charge in [-0.1, -0.05) is 23.2 Å². The smallest absolute Gasteiger partial charge is 0.253 e.